The lowest BCUT2D eigenvalue weighted by Gasteiger charge is -2.10. The molecule has 0 rings (SSSR count). The van der Waals surface area contributed by atoms with Gasteiger partial charge in [-0.1, -0.05) is 24.3 Å². The van der Waals surface area contributed by atoms with Gasteiger partial charge < -0.3 is 5.73 Å². The normalized spacial score (nSPS) is 13.8. The molecule has 0 atom stereocenters. The summed E-state index contributed by atoms with van der Waals surface area (Å²) in [6, 6.07) is 0. The summed E-state index contributed by atoms with van der Waals surface area (Å²) in [5, 5.41) is 0. The Hall–Kier alpha value is -0.560. The zero-order chi connectivity index (χ0) is 7.33. The first-order chi connectivity index (χ1) is 4.06. The second-order valence-electron chi connectivity index (χ2n) is 2.71. The van der Waals surface area contributed by atoms with Crippen molar-refractivity contribution >= 4 is 0 Å². The maximum absolute atomic E-state index is 5.66. The molecule has 0 radical (unpaired) electrons. The molecule has 52 valence electrons. The summed E-state index contributed by atoms with van der Waals surface area (Å²) in [7, 11) is 0. The van der Waals surface area contributed by atoms with Crippen LogP contribution in [0.25, 0.3) is 0 Å². The van der Waals surface area contributed by atoms with Crippen LogP contribution in [0.1, 0.15) is 20.8 Å². The fourth-order valence-electron chi connectivity index (χ4n) is 0.415. The van der Waals surface area contributed by atoms with Crippen LogP contribution >= 0.6 is 0 Å². The molecule has 9 heavy (non-hydrogen) atoms. The van der Waals surface area contributed by atoms with Gasteiger partial charge in [0, 0.05) is 5.54 Å². The molecule has 2 N–H and O–H groups in total. The van der Waals surface area contributed by atoms with Crippen molar-refractivity contribution in [3.8, 4) is 0 Å². The van der Waals surface area contributed by atoms with E-state index in [4.69, 9.17) is 5.73 Å². The number of hydrogen-bond acceptors (Lipinski definition) is 1. The SMILES string of the molecule is C/C=C\C=C/C(C)(C)N. The van der Waals surface area contributed by atoms with Gasteiger partial charge in [-0.25, -0.2) is 0 Å². The zero-order valence-electron chi connectivity index (χ0n) is 6.39. The molecule has 0 fully saturated rings. The molecule has 0 aromatic rings. The lowest BCUT2D eigenvalue weighted by atomic mass is 10.1. The molecule has 0 bridgehead atoms. The monoisotopic (exact) mass is 125 g/mol. The van der Waals surface area contributed by atoms with Crippen LogP contribution in [0, 0.1) is 0 Å². The maximum atomic E-state index is 5.66. The Kier molecular flexibility index (Phi) is 3.25. The summed E-state index contributed by atoms with van der Waals surface area (Å²) in [6.07, 6.45) is 7.86. The lowest BCUT2D eigenvalue weighted by molar-refractivity contribution is 0.654. The van der Waals surface area contributed by atoms with Gasteiger partial charge in [-0.05, 0) is 20.8 Å². The first-order valence-corrected chi connectivity index (χ1v) is 3.15. The fraction of sp³-hybridized carbons (Fsp3) is 0.500. The molecule has 0 aromatic carbocycles. The predicted octanol–water partition coefficient (Wildman–Crippen LogP) is 1.86. The van der Waals surface area contributed by atoms with Crippen LogP contribution in [0.15, 0.2) is 24.3 Å². The van der Waals surface area contributed by atoms with E-state index in [1.165, 1.54) is 0 Å². The quantitative estimate of drug-likeness (QED) is 0.560. The van der Waals surface area contributed by atoms with Gasteiger partial charge in [0.25, 0.3) is 0 Å². The fourth-order valence-corrected chi connectivity index (χ4v) is 0.415. The highest BCUT2D eigenvalue weighted by atomic mass is 14.7. The van der Waals surface area contributed by atoms with E-state index in [-0.39, 0.29) is 5.54 Å². The van der Waals surface area contributed by atoms with E-state index in [9.17, 15) is 0 Å². The predicted molar refractivity (Wildman–Crippen MR) is 42.2 cm³/mol. The number of allylic oxidation sites excluding steroid dienone is 3. The molecule has 0 aromatic heterocycles. The summed E-state index contributed by atoms with van der Waals surface area (Å²) in [6.45, 7) is 5.91. The first kappa shape index (κ1) is 8.44. The topological polar surface area (TPSA) is 26.0 Å². The molecular weight excluding hydrogens is 110 g/mol. The summed E-state index contributed by atoms with van der Waals surface area (Å²) in [5.74, 6) is 0. The molecule has 0 amide bonds. The average molecular weight is 125 g/mol. The van der Waals surface area contributed by atoms with Crippen molar-refractivity contribution in [1.82, 2.24) is 0 Å². The van der Waals surface area contributed by atoms with Crippen LogP contribution in [-0.2, 0) is 0 Å². The van der Waals surface area contributed by atoms with Crippen molar-refractivity contribution in [2.75, 3.05) is 0 Å². The zero-order valence-corrected chi connectivity index (χ0v) is 6.39. The van der Waals surface area contributed by atoms with Crippen LogP contribution in [0.4, 0.5) is 0 Å². The van der Waals surface area contributed by atoms with Gasteiger partial charge in [0.1, 0.15) is 0 Å². The molecule has 0 heterocycles. The average Bonchev–Trinajstić information content (AvgIpc) is 1.63. The molecule has 1 heteroatoms. The van der Waals surface area contributed by atoms with Crippen molar-refractivity contribution in [1.29, 1.82) is 0 Å². The van der Waals surface area contributed by atoms with Crippen LogP contribution in [0.3, 0.4) is 0 Å². The van der Waals surface area contributed by atoms with Gasteiger partial charge in [0.2, 0.25) is 0 Å². The Balaban J connectivity index is 3.71. The highest BCUT2D eigenvalue weighted by Gasteiger charge is 2.01. The summed E-state index contributed by atoms with van der Waals surface area (Å²) >= 11 is 0. The molecule has 0 unspecified atom stereocenters. The maximum Gasteiger partial charge on any atom is 0.0284 e. The third-order valence-corrected chi connectivity index (χ3v) is 0.829. The van der Waals surface area contributed by atoms with Gasteiger partial charge >= 0.3 is 0 Å². The van der Waals surface area contributed by atoms with Crippen molar-refractivity contribution in [3.05, 3.63) is 24.3 Å². The van der Waals surface area contributed by atoms with E-state index in [1.807, 2.05) is 45.1 Å². The smallest absolute Gasteiger partial charge is 0.0284 e. The van der Waals surface area contributed by atoms with E-state index in [1.54, 1.807) is 0 Å². The highest BCUT2D eigenvalue weighted by Crippen LogP contribution is 1.97. The number of rotatable bonds is 2. The second-order valence-corrected chi connectivity index (χ2v) is 2.71. The molecule has 1 nitrogen and oxygen atoms in total. The first-order valence-electron chi connectivity index (χ1n) is 3.15. The summed E-state index contributed by atoms with van der Waals surface area (Å²) < 4.78 is 0. The molecule has 0 aliphatic carbocycles. The van der Waals surface area contributed by atoms with Crippen molar-refractivity contribution in [2.24, 2.45) is 5.73 Å². The minimum Gasteiger partial charge on any atom is -0.322 e. The van der Waals surface area contributed by atoms with E-state index in [2.05, 4.69) is 0 Å². The van der Waals surface area contributed by atoms with Gasteiger partial charge in [-0.2, -0.15) is 0 Å². The standard InChI is InChI=1S/C8H15N/c1-4-5-6-7-8(2,3)9/h4-7H,9H2,1-3H3/b5-4-,7-6-. The molecule has 0 spiro atoms. The van der Waals surface area contributed by atoms with Gasteiger partial charge in [0.15, 0.2) is 0 Å². The molecule has 0 saturated carbocycles. The molecular formula is C8H15N. The lowest BCUT2D eigenvalue weighted by Crippen LogP contribution is -2.28. The van der Waals surface area contributed by atoms with Gasteiger partial charge in [0.05, 0.1) is 0 Å². The van der Waals surface area contributed by atoms with Crippen LogP contribution in [-0.4, -0.2) is 5.54 Å². The summed E-state index contributed by atoms with van der Waals surface area (Å²) in [4.78, 5) is 0. The number of hydrogen-bond donors (Lipinski definition) is 1. The largest absolute Gasteiger partial charge is 0.322 e. The van der Waals surface area contributed by atoms with Crippen LogP contribution < -0.4 is 5.73 Å². The Labute approximate surface area is 57.3 Å². The van der Waals surface area contributed by atoms with Crippen LogP contribution in [0.5, 0.6) is 0 Å². The Morgan fingerprint density at radius 3 is 2.11 bits per heavy atom. The highest BCUT2D eigenvalue weighted by molar-refractivity contribution is 5.08. The Morgan fingerprint density at radius 1 is 1.22 bits per heavy atom. The van der Waals surface area contributed by atoms with E-state index < -0.39 is 0 Å². The van der Waals surface area contributed by atoms with Crippen molar-refractivity contribution in [3.63, 3.8) is 0 Å². The Morgan fingerprint density at radius 2 is 1.78 bits per heavy atom. The van der Waals surface area contributed by atoms with E-state index >= 15 is 0 Å². The third-order valence-electron chi connectivity index (χ3n) is 0.829. The van der Waals surface area contributed by atoms with Gasteiger partial charge in [-0.3, -0.25) is 0 Å². The molecule has 0 aliphatic heterocycles. The second kappa shape index (κ2) is 3.46. The minimum absolute atomic E-state index is 0.181. The van der Waals surface area contributed by atoms with Crippen molar-refractivity contribution in [2.45, 2.75) is 26.3 Å². The summed E-state index contributed by atoms with van der Waals surface area (Å²) in [5.41, 5.74) is 5.47. The van der Waals surface area contributed by atoms with Gasteiger partial charge in [-0.15, -0.1) is 0 Å². The number of nitrogens with two attached hydrogens (primary N) is 1. The van der Waals surface area contributed by atoms with E-state index in [0.717, 1.165) is 0 Å². The Bertz CT molecular complexity index is 115. The third kappa shape index (κ3) is 7.44. The van der Waals surface area contributed by atoms with Crippen LogP contribution in [0.2, 0.25) is 0 Å². The van der Waals surface area contributed by atoms with E-state index in [0.29, 0.717) is 0 Å². The minimum atomic E-state index is -0.181. The molecule has 0 aliphatic rings. The molecule has 0 saturated heterocycles. The van der Waals surface area contributed by atoms with Crippen molar-refractivity contribution < 1.29 is 0 Å².